The molecular formula is C21H21O2P. The van der Waals surface area contributed by atoms with Crippen LogP contribution in [-0.2, 0) is 4.57 Å². The van der Waals surface area contributed by atoms with Gasteiger partial charge in [-0.15, -0.1) is 0 Å². The van der Waals surface area contributed by atoms with Crippen LogP contribution in [0.3, 0.4) is 0 Å². The van der Waals surface area contributed by atoms with Crippen molar-refractivity contribution in [1.29, 1.82) is 0 Å². The van der Waals surface area contributed by atoms with E-state index in [0.717, 1.165) is 16.2 Å². The van der Waals surface area contributed by atoms with Crippen LogP contribution in [0.2, 0.25) is 0 Å². The third kappa shape index (κ3) is 3.08. The highest BCUT2D eigenvalue weighted by Crippen LogP contribution is 2.58. The Kier molecular flexibility index (Phi) is 4.99. The second-order valence-electron chi connectivity index (χ2n) is 5.93. The number of aliphatic hydroxyl groups excluding tert-OH is 1. The summed E-state index contributed by atoms with van der Waals surface area (Å²) in [5, 5.41) is 12.1. The molecule has 2 atom stereocenters. The molecule has 1 N–H and O–H groups in total. The van der Waals surface area contributed by atoms with Crippen LogP contribution < -0.4 is 10.6 Å². The first-order chi connectivity index (χ1) is 11.6. The van der Waals surface area contributed by atoms with Gasteiger partial charge in [-0.1, -0.05) is 91.0 Å². The summed E-state index contributed by atoms with van der Waals surface area (Å²) in [7, 11) is -3.06. The van der Waals surface area contributed by atoms with E-state index in [2.05, 4.69) is 0 Å². The number of rotatable bonds is 5. The van der Waals surface area contributed by atoms with E-state index < -0.39 is 18.9 Å². The zero-order valence-corrected chi connectivity index (χ0v) is 14.5. The summed E-state index contributed by atoms with van der Waals surface area (Å²) >= 11 is 0. The molecule has 0 heterocycles. The normalized spacial score (nSPS) is 14.1. The van der Waals surface area contributed by atoms with Crippen molar-refractivity contribution in [3.8, 4) is 0 Å². The Hall–Kier alpha value is -2.15. The quantitative estimate of drug-likeness (QED) is 0.712. The van der Waals surface area contributed by atoms with Crippen LogP contribution in [0.4, 0.5) is 0 Å². The van der Waals surface area contributed by atoms with Crippen molar-refractivity contribution in [3.63, 3.8) is 0 Å². The molecule has 3 aromatic rings. The molecule has 0 bridgehead atoms. The first kappa shape index (κ1) is 16.7. The van der Waals surface area contributed by atoms with Crippen LogP contribution >= 0.6 is 7.14 Å². The summed E-state index contributed by atoms with van der Waals surface area (Å²) in [5.41, 5.74) is 0.409. The Bertz CT molecular complexity index is 771. The molecule has 3 aromatic carbocycles. The molecule has 2 nitrogen and oxygen atoms in total. The van der Waals surface area contributed by atoms with Gasteiger partial charge in [0.15, 0.2) is 7.14 Å². The first-order valence-corrected chi connectivity index (χ1v) is 9.85. The van der Waals surface area contributed by atoms with Crippen LogP contribution in [0.25, 0.3) is 0 Å². The van der Waals surface area contributed by atoms with E-state index in [4.69, 9.17) is 0 Å². The van der Waals surface area contributed by atoms with Crippen LogP contribution in [0.15, 0.2) is 91.0 Å². The molecule has 122 valence electrons. The maximum atomic E-state index is 14.4. The minimum Gasteiger partial charge on any atom is -0.392 e. The minimum absolute atomic E-state index is 0.483. The molecular weight excluding hydrogens is 315 g/mol. The van der Waals surface area contributed by atoms with Crippen molar-refractivity contribution in [2.24, 2.45) is 0 Å². The van der Waals surface area contributed by atoms with Crippen molar-refractivity contribution in [1.82, 2.24) is 0 Å². The summed E-state index contributed by atoms with van der Waals surface area (Å²) in [6.45, 7) is 1.72. The van der Waals surface area contributed by atoms with Gasteiger partial charge in [0, 0.05) is 10.6 Å². The van der Waals surface area contributed by atoms with Crippen LogP contribution in [0.5, 0.6) is 0 Å². The van der Waals surface area contributed by atoms with Crippen molar-refractivity contribution < 1.29 is 9.67 Å². The van der Waals surface area contributed by atoms with Gasteiger partial charge in [-0.3, -0.25) is 0 Å². The average molecular weight is 336 g/mol. The number of benzene rings is 3. The molecule has 0 unspecified atom stereocenters. The lowest BCUT2D eigenvalue weighted by atomic mass is 10.1. The van der Waals surface area contributed by atoms with Gasteiger partial charge in [-0.05, 0) is 12.5 Å². The Labute approximate surface area is 143 Å². The fourth-order valence-corrected chi connectivity index (χ4v) is 6.58. The molecule has 0 saturated heterocycles. The molecule has 0 fully saturated rings. The predicted molar refractivity (Wildman–Crippen MR) is 101 cm³/mol. The predicted octanol–water partition coefficient (Wildman–Crippen LogP) is 4.12. The Morgan fingerprint density at radius 2 is 1.08 bits per heavy atom. The summed E-state index contributed by atoms with van der Waals surface area (Å²) in [4.78, 5) is 0. The lowest BCUT2D eigenvalue weighted by Gasteiger charge is -2.31. The van der Waals surface area contributed by atoms with Crippen LogP contribution in [0.1, 0.15) is 18.1 Å². The fourth-order valence-electron chi connectivity index (χ4n) is 3.21. The zero-order chi connectivity index (χ0) is 17.0. The van der Waals surface area contributed by atoms with Gasteiger partial charge in [-0.25, -0.2) is 0 Å². The second-order valence-corrected chi connectivity index (χ2v) is 8.83. The molecule has 24 heavy (non-hydrogen) atoms. The molecule has 0 saturated carbocycles. The van der Waals surface area contributed by atoms with E-state index in [1.807, 2.05) is 91.0 Å². The van der Waals surface area contributed by atoms with E-state index in [1.54, 1.807) is 6.92 Å². The van der Waals surface area contributed by atoms with E-state index in [9.17, 15) is 9.67 Å². The zero-order valence-electron chi connectivity index (χ0n) is 13.6. The van der Waals surface area contributed by atoms with Crippen molar-refractivity contribution in [3.05, 3.63) is 96.6 Å². The van der Waals surface area contributed by atoms with Gasteiger partial charge in [0.1, 0.15) is 0 Å². The van der Waals surface area contributed by atoms with Crippen molar-refractivity contribution in [2.45, 2.75) is 18.7 Å². The molecule has 0 amide bonds. The summed E-state index contributed by atoms with van der Waals surface area (Å²) in [6, 6.07) is 28.7. The van der Waals surface area contributed by atoms with E-state index in [0.29, 0.717) is 0 Å². The Balaban J connectivity index is 2.26. The van der Waals surface area contributed by atoms with Gasteiger partial charge in [0.25, 0.3) is 0 Å². The van der Waals surface area contributed by atoms with Gasteiger partial charge < -0.3 is 9.67 Å². The van der Waals surface area contributed by atoms with E-state index >= 15 is 0 Å². The highest BCUT2D eigenvalue weighted by Gasteiger charge is 2.40. The third-order valence-electron chi connectivity index (χ3n) is 4.27. The number of hydrogen-bond acceptors (Lipinski definition) is 2. The Morgan fingerprint density at radius 1 is 0.708 bits per heavy atom. The highest BCUT2D eigenvalue weighted by atomic mass is 31.2. The van der Waals surface area contributed by atoms with Gasteiger partial charge in [0.05, 0.1) is 11.8 Å². The lowest BCUT2D eigenvalue weighted by molar-refractivity contribution is 0.188. The monoisotopic (exact) mass is 336 g/mol. The molecule has 3 heteroatoms. The summed E-state index contributed by atoms with van der Waals surface area (Å²) in [6.07, 6.45) is -0.737. The smallest absolute Gasteiger partial charge is 0.152 e. The first-order valence-electron chi connectivity index (χ1n) is 8.08. The van der Waals surface area contributed by atoms with Gasteiger partial charge in [-0.2, -0.15) is 0 Å². The van der Waals surface area contributed by atoms with Gasteiger partial charge in [0.2, 0.25) is 0 Å². The minimum atomic E-state index is -3.06. The average Bonchev–Trinajstić information content (AvgIpc) is 2.64. The third-order valence-corrected chi connectivity index (χ3v) is 7.91. The second kappa shape index (κ2) is 7.17. The number of aliphatic hydroxyl groups is 1. The molecule has 3 rings (SSSR count). The topological polar surface area (TPSA) is 37.3 Å². The summed E-state index contributed by atoms with van der Waals surface area (Å²) in [5.74, 6) is 0. The standard InChI is InChI=1S/C21H21O2P/c1-17(22)21(18-11-5-2-6-12-18)24(23,19-13-7-3-8-14-19)20-15-9-4-10-16-20/h2-17,21-22H,1H3/t17-,21-/m1/s1. The van der Waals surface area contributed by atoms with Crippen LogP contribution in [0, 0.1) is 0 Å². The SMILES string of the molecule is C[C@@H](O)[C@H](c1ccccc1)P(=O)(c1ccccc1)c1ccccc1. The molecule has 0 aromatic heterocycles. The Morgan fingerprint density at radius 3 is 1.46 bits per heavy atom. The highest BCUT2D eigenvalue weighted by molar-refractivity contribution is 7.79. The van der Waals surface area contributed by atoms with E-state index in [1.165, 1.54) is 0 Å². The van der Waals surface area contributed by atoms with Gasteiger partial charge >= 0.3 is 0 Å². The molecule has 0 aliphatic carbocycles. The molecule has 0 radical (unpaired) electrons. The van der Waals surface area contributed by atoms with Crippen LogP contribution in [-0.4, -0.2) is 11.2 Å². The van der Waals surface area contributed by atoms with E-state index in [-0.39, 0.29) is 0 Å². The maximum Gasteiger partial charge on any atom is 0.152 e. The largest absolute Gasteiger partial charge is 0.392 e. The lowest BCUT2D eigenvalue weighted by Crippen LogP contribution is -2.27. The number of hydrogen-bond donors (Lipinski definition) is 1. The fraction of sp³-hybridized carbons (Fsp3) is 0.143. The molecule has 0 aliphatic rings. The van der Waals surface area contributed by atoms with Crippen molar-refractivity contribution >= 4 is 17.8 Å². The maximum absolute atomic E-state index is 14.4. The van der Waals surface area contributed by atoms with Crippen molar-refractivity contribution in [2.75, 3.05) is 0 Å². The molecule has 0 spiro atoms. The summed E-state index contributed by atoms with van der Waals surface area (Å²) < 4.78 is 14.4. The molecule has 0 aliphatic heterocycles.